The van der Waals surface area contributed by atoms with Gasteiger partial charge in [0.05, 0.1) is 6.42 Å². The van der Waals surface area contributed by atoms with Crippen LogP contribution in [-0.4, -0.2) is 30.3 Å². The van der Waals surface area contributed by atoms with Crippen LogP contribution >= 0.6 is 0 Å². The van der Waals surface area contributed by atoms with E-state index in [0.29, 0.717) is 5.56 Å². The summed E-state index contributed by atoms with van der Waals surface area (Å²) < 4.78 is 4.95. The maximum atomic E-state index is 12.0. The molecule has 1 fully saturated rings. The number of rotatable bonds is 7. The third kappa shape index (κ3) is 6.14. The van der Waals surface area contributed by atoms with Gasteiger partial charge >= 0.3 is 5.97 Å². The average Bonchev–Trinajstić information content (AvgIpc) is 2.59. The van der Waals surface area contributed by atoms with Gasteiger partial charge in [-0.25, -0.2) is 0 Å². The maximum absolute atomic E-state index is 12.0. The molecule has 0 heterocycles. The lowest BCUT2D eigenvalue weighted by molar-refractivity contribution is -0.148. The molecule has 5 heteroatoms. The first kappa shape index (κ1) is 18.2. The molecule has 2 rings (SSSR count). The quantitative estimate of drug-likeness (QED) is 0.616. The SMILES string of the molecule is Cc1ccc(C(=O)CCC(=O)OCC(=O)NC2CCCCC2)cc1. The molecule has 0 unspecified atom stereocenters. The fraction of sp³-hybridized carbons (Fsp3) is 0.526. The second-order valence-electron chi connectivity index (χ2n) is 6.35. The van der Waals surface area contributed by atoms with E-state index in [-0.39, 0.29) is 37.2 Å². The predicted molar refractivity (Wildman–Crippen MR) is 90.7 cm³/mol. The Morgan fingerprint density at radius 3 is 2.38 bits per heavy atom. The number of hydrogen-bond donors (Lipinski definition) is 1. The van der Waals surface area contributed by atoms with Crippen molar-refractivity contribution in [2.45, 2.75) is 57.9 Å². The zero-order chi connectivity index (χ0) is 17.4. The molecule has 1 aliphatic carbocycles. The Balaban J connectivity index is 1.64. The minimum atomic E-state index is -0.519. The lowest BCUT2D eigenvalue weighted by Crippen LogP contribution is -2.38. The molecule has 24 heavy (non-hydrogen) atoms. The average molecular weight is 331 g/mol. The molecular formula is C19H25NO4. The lowest BCUT2D eigenvalue weighted by Gasteiger charge is -2.22. The standard InChI is InChI=1S/C19H25NO4/c1-14-7-9-15(10-8-14)17(21)11-12-19(23)24-13-18(22)20-16-5-3-2-4-6-16/h7-10,16H,2-6,11-13H2,1H3,(H,20,22). The van der Waals surface area contributed by atoms with Crippen molar-refractivity contribution in [2.75, 3.05) is 6.61 Å². The summed E-state index contributed by atoms with van der Waals surface area (Å²) in [6.07, 6.45) is 5.54. The van der Waals surface area contributed by atoms with E-state index in [4.69, 9.17) is 4.74 Å². The van der Waals surface area contributed by atoms with E-state index in [1.807, 2.05) is 19.1 Å². The molecule has 1 aliphatic rings. The predicted octanol–water partition coefficient (Wildman–Crippen LogP) is 2.95. The van der Waals surface area contributed by atoms with Crippen LogP contribution in [0.3, 0.4) is 0 Å². The summed E-state index contributed by atoms with van der Waals surface area (Å²) in [5.74, 6) is -0.882. The Bertz CT molecular complexity index is 574. The number of carbonyl (C=O) groups excluding carboxylic acids is 3. The van der Waals surface area contributed by atoms with Gasteiger partial charge in [-0.3, -0.25) is 14.4 Å². The monoisotopic (exact) mass is 331 g/mol. The van der Waals surface area contributed by atoms with Crippen LogP contribution in [0.5, 0.6) is 0 Å². The van der Waals surface area contributed by atoms with E-state index in [2.05, 4.69) is 5.32 Å². The molecule has 0 saturated heterocycles. The number of ketones is 1. The third-order valence-electron chi connectivity index (χ3n) is 4.26. The number of benzene rings is 1. The summed E-state index contributed by atoms with van der Waals surface area (Å²) in [5.41, 5.74) is 1.67. The van der Waals surface area contributed by atoms with Gasteiger partial charge in [0.25, 0.3) is 5.91 Å². The van der Waals surface area contributed by atoms with Crippen LogP contribution in [0.1, 0.15) is 60.9 Å². The van der Waals surface area contributed by atoms with Crippen LogP contribution in [0.25, 0.3) is 0 Å². The molecule has 0 spiro atoms. The Morgan fingerprint density at radius 1 is 1.04 bits per heavy atom. The van der Waals surface area contributed by atoms with Crippen molar-refractivity contribution in [1.82, 2.24) is 5.32 Å². The van der Waals surface area contributed by atoms with Crippen LogP contribution in [0, 0.1) is 6.92 Å². The highest BCUT2D eigenvalue weighted by atomic mass is 16.5. The summed E-state index contributed by atoms with van der Waals surface area (Å²) in [5, 5.41) is 2.89. The van der Waals surface area contributed by atoms with Crippen molar-refractivity contribution in [1.29, 1.82) is 0 Å². The van der Waals surface area contributed by atoms with Crippen molar-refractivity contribution in [3.8, 4) is 0 Å². The molecule has 130 valence electrons. The summed E-state index contributed by atoms with van der Waals surface area (Å²) in [4.78, 5) is 35.4. The second-order valence-corrected chi connectivity index (χ2v) is 6.35. The molecular weight excluding hydrogens is 306 g/mol. The van der Waals surface area contributed by atoms with Gasteiger partial charge in [-0.1, -0.05) is 49.1 Å². The molecule has 0 bridgehead atoms. The molecule has 1 N–H and O–H groups in total. The summed E-state index contributed by atoms with van der Waals surface area (Å²) in [6, 6.07) is 7.43. The largest absolute Gasteiger partial charge is 0.456 e. The zero-order valence-corrected chi connectivity index (χ0v) is 14.2. The first-order chi connectivity index (χ1) is 11.5. The zero-order valence-electron chi connectivity index (χ0n) is 14.2. The normalized spacial score (nSPS) is 14.9. The molecule has 0 aromatic heterocycles. The van der Waals surface area contributed by atoms with E-state index >= 15 is 0 Å². The van der Waals surface area contributed by atoms with Gasteiger partial charge in [-0.15, -0.1) is 0 Å². The van der Waals surface area contributed by atoms with Gasteiger partial charge in [-0.05, 0) is 19.8 Å². The van der Waals surface area contributed by atoms with Crippen molar-refractivity contribution >= 4 is 17.7 Å². The lowest BCUT2D eigenvalue weighted by atomic mass is 9.95. The van der Waals surface area contributed by atoms with Gasteiger partial charge in [0, 0.05) is 18.0 Å². The van der Waals surface area contributed by atoms with E-state index in [1.165, 1.54) is 6.42 Å². The van der Waals surface area contributed by atoms with Gasteiger partial charge < -0.3 is 10.1 Å². The van der Waals surface area contributed by atoms with Crippen LogP contribution < -0.4 is 5.32 Å². The van der Waals surface area contributed by atoms with Crippen molar-refractivity contribution < 1.29 is 19.1 Å². The van der Waals surface area contributed by atoms with Crippen LogP contribution in [0.2, 0.25) is 0 Å². The van der Waals surface area contributed by atoms with Crippen molar-refractivity contribution in [3.05, 3.63) is 35.4 Å². The smallest absolute Gasteiger partial charge is 0.306 e. The maximum Gasteiger partial charge on any atom is 0.306 e. The molecule has 1 amide bonds. The van der Waals surface area contributed by atoms with Gasteiger partial charge in [0.1, 0.15) is 0 Å². The highest BCUT2D eigenvalue weighted by Gasteiger charge is 2.17. The van der Waals surface area contributed by atoms with E-state index in [9.17, 15) is 14.4 Å². The van der Waals surface area contributed by atoms with Gasteiger partial charge in [0.2, 0.25) is 0 Å². The summed E-state index contributed by atoms with van der Waals surface area (Å²) in [7, 11) is 0. The molecule has 1 aromatic carbocycles. The summed E-state index contributed by atoms with van der Waals surface area (Å²) in [6.45, 7) is 1.68. The van der Waals surface area contributed by atoms with E-state index in [0.717, 1.165) is 31.2 Å². The Labute approximate surface area is 142 Å². The number of ether oxygens (including phenoxy) is 1. The first-order valence-electron chi connectivity index (χ1n) is 8.59. The van der Waals surface area contributed by atoms with Crippen molar-refractivity contribution in [3.63, 3.8) is 0 Å². The minimum Gasteiger partial charge on any atom is -0.456 e. The number of esters is 1. The minimum absolute atomic E-state index is 0.0105. The van der Waals surface area contributed by atoms with Crippen LogP contribution in [-0.2, 0) is 14.3 Å². The van der Waals surface area contributed by atoms with E-state index < -0.39 is 5.97 Å². The molecule has 5 nitrogen and oxygen atoms in total. The molecule has 0 radical (unpaired) electrons. The van der Waals surface area contributed by atoms with Gasteiger partial charge in [0.15, 0.2) is 12.4 Å². The number of amides is 1. The number of carbonyl (C=O) groups is 3. The molecule has 0 atom stereocenters. The van der Waals surface area contributed by atoms with E-state index in [1.54, 1.807) is 12.1 Å². The number of Topliss-reactive ketones (excluding diaryl/α,β-unsaturated/α-hetero) is 1. The fourth-order valence-corrected chi connectivity index (χ4v) is 2.83. The highest BCUT2D eigenvalue weighted by Crippen LogP contribution is 2.17. The molecule has 0 aliphatic heterocycles. The topological polar surface area (TPSA) is 72.5 Å². The summed E-state index contributed by atoms with van der Waals surface area (Å²) >= 11 is 0. The first-order valence-corrected chi connectivity index (χ1v) is 8.59. The Kier molecular flexibility index (Phi) is 6.97. The number of hydrogen-bond acceptors (Lipinski definition) is 4. The molecule has 1 aromatic rings. The Hall–Kier alpha value is -2.17. The van der Waals surface area contributed by atoms with Crippen LogP contribution in [0.4, 0.5) is 0 Å². The van der Waals surface area contributed by atoms with Crippen molar-refractivity contribution in [2.24, 2.45) is 0 Å². The third-order valence-corrected chi connectivity index (χ3v) is 4.26. The second kappa shape index (κ2) is 9.21. The highest BCUT2D eigenvalue weighted by molar-refractivity contribution is 5.97. The fourth-order valence-electron chi connectivity index (χ4n) is 2.83. The number of nitrogens with one attached hydrogen (secondary N) is 1. The number of aryl methyl sites for hydroxylation is 1. The Morgan fingerprint density at radius 2 is 1.71 bits per heavy atom. The van der Waals surface area contributed by atoms with Crippen LogP contribution in [0.15, 0.2) is 24.3 Å². The molecule has 1 saturated carbocycles. The van der Waals surface area contributed by atoms with Gasteiger partial charge in [-0.2, -0.15) is 0 Å².